The molecule has 1 heterocycles. The highest BCUT2D eigenvalue weighted by Crippen LogP contribution is 2.25. The molecule has 0 saturated carbocycles. The summed E-state index contributed by atoms with van der Waals surface area (Å²) in [5.74, 6) is 0. The third-order valence-electron chi connectivity index (χ3n) is 2.14. The highest BCUT2D eigenvalue weighted by atomic mass is 35.5. The maximum atomic E-state index is 9.34. The second-order valence-electron chi connectivity index (χ2n) is 3.12. The van der Waals surface area contributed by atoms with Crippen molar-refractivity contribution in [3.8, 4) is 0 Å². The van der Waals surface area contributed by atoms with E-state index in [4.69, 9.17) is 11.6 Å². The number of halogens is 1. The highest BCUT2D eigenvalue weighted by Gasteiger charge is 2.04. The van der Waals surface area contributed by atoms with Gasteiger partial charge in [0.25, 0.3) is 0 Å². The quantitative estimate of drug-likeness (QED) is 0.721. The highest BCUT2D eigenvalue weighted by molar-refractivity contribution is 6.35. The van der Waals surface area contributed by atoms with E-state index in [0.717, 1.165) is 16.5 Å². The largest absolute Gasteiger partial charge is 0.389 e. The van der Waals surface area contributed by atoms with Gasteiger partial charge in [0.05, 0.1) is 11.1 Å². The van der Waals surface area contributed by atoms with Crippen molar-refractivity contribution in [1.82, 2.24) is 4.98 Å². The number of aliphatic hydroxyl groups excluding tert-OH is 1. The first-order valence-corrected chi connectivity index (χ1v) is 4.51. The molecule has 0 radical (unpaired) electrons. The van der Waals surface area contributed by atoms with Crippen molar-refractivity contribution in [2.24, 2.45) is 0 Å². The minimum absolute atomic E-state index is 0.438. The Balaban J connectivity index is 2.63. The number of hydrogen-bond donors (Lipinski definition) is 2. The van der Waals surface area contributed by atoms with Gasteiger partial charge in [0.1, 0.15) is 0 Å². The zero-order chi connectivity index (χ0) is 9.42. The van der Waals surface area contributed by atoms with Crippen LogP contribution in [-0.2, 0) is 0 Å². The summed E-state index contributed by atoms with van der Waals surface area (Å²) in [6.45, 7) is 1.74. The van der Waals surface area contributed by atoms with E-state index in [0.29, 0.717) is 5.02 Å². The molecule has 1 aromatic carbocycles. The Hall–Kier alpha value is -0.990. The molecule has 13 heavy (non-hydrogen) atoms. The van der Waals surface area contributed by atoms with Crippen LogP contribution in [0.25, 0.3) is 10.9 Å². The van der Waals surface area contributed by atoms with Crippen molar-refractivity contribution in [3.63, 3.8) is 0 Å². The first-order valence-electron chi connectivity index (χ1n) is 4.13. The number of aromatic amines is 1. The lowest BCUT2D eigenvalue weighted by atomic mass is 10.1. The second-order valence-corrected chi connectivity index (χ2v) is 3.52. The Morgan fingerprint density at radius 1 is 1.46 bits per heavy atom. The lowest BCUT2D eigenvalue weighted by Crippen LogP contribution is -1.89. The zero-order valence-corrected chi connectivity index (χ0v) is 7.97. The van der Waals surface area contributed by atoms with Gasteiger partial charge in [0, 0.05) is 17.1 Å². The van der Waals surface area contributed by atoms with Crippen LogP contribution in [-0.4, -0.2) is 10.1 Å². The summed E-state index contributed by atoms with van der Waals surface area (Å²) in [5, 5.41) is 11.0. The van der Waals surface area contributed by atoms with Gasteiger partial charge >= 0.3 is 0 Å². The molecule has 68 valence electrons. The van der Waals surface area contributed by atoms with Crippen LogP contribution >= 0.6 is 11.6 Å². The van der Waals surface area contributed by atoms with Crippen molar-refractivity contribution >= 4 is 22.5 Å². The first kappa shape index (κ1) is 8.60. The van der Waals surface area contributed by atoms with E-state index in [2.05, 4.69) is 4.98 Å². The summed E-state index contributed by atoms with van der Waals surface area (Å²) in [5.41, 5.74) is 1.86. The molecule has 0 aliphatic heterocycles. The molecule has 2 aromatic rings. The summed E-state index contributed by atoms with van der Waals surface area (Å²) >= 11 is 5.91. The van der Waals surface area contributed by atoms with E-state index < -0.39 is 6.10 Å². The van der Waals surface area contributed by atoms with E-state index in [1.165, 1.54) is 0 Å². The molecule has 0 fully saturated rings. The van der Waals surface area contributed by atoms with E-state index in [1.54, 1.807) is 13.1 Å². The summed E-state index contributed by atoms with van der Waals surface area (Å²) in [7, 11) is 0. The number of rotatable bonds is 1. The number of benzene rings is 1. The molecular weight excluding hydrogens is 186 g/mol. The van der Waals surface area contributed by atoms with Crippen LogP contribution in [0.4, 0.5) is 0 Å². The van der Waals surface area contributed by atoms with Gasteiger partial charge in [-0.2, -0.15) is 0 Å². The molecule has 0 aliphatic carbocycles. The predicted molar refractivity (Wildman–Crippen MR) is 53.9 cm³/mol. The van der Waals surface area contributed by atoms with Crippen LogP contribution in [0.2, 0.25) is 5.02 Å². The Kier molecular flexibility index (Phi) is 2.02. The molecule has 0 saturated heterocycles. The van der Waals surface area contributed by atoms with Crippen molar-refractivity contribution < 1.29 is 5.11 Å². The monoisotopic (exact) mass is 195 g/mol. The molecule has 3 heteroatoms. The lowest BCUT2D eigenvalue weighted by molar-refractivity contribution is 0.199. The van der Waals surface area contributed by atoms with Crippen LogP contribution in [0, 0.1) is 0 Å². The molecule has 0 amide bonds. The van der Waals surface area contributed by atoms with Gasteiger partial charge in [-0.15, -0.1) is 0 Å². The van der Waals surface area contributed by atoms with E-state index in [-0.39, 0.29) is 0 Å². The molecular formula is C10H10ClNO. The SMILES string of the molecule is CC(O)c1ccc2c(Cl)c[nH]c2c1. The Morgan fingerprint density at radius 2 is 2.23 bits per heavy atom. The van der Waals surface area contributed by atoms with Gasteiger partial charge in [-0.05, 0) is 18.6 Å². The number of hydrogen-bond acceptors (Lipinski definition) is 1. The topological polar surface area (TPSA) is 36.0 Å². The number of fused-ring (bicyclic) bond motifs is 1. The molecule has 0 aliphatic rings. The second kappa shape index (κ2) is 3.05. The average Bonchev–Trinajstić information content (AvgIpc) is 2.47. The van der Waals surface area contributed by atoms with Crippen LogP contribution in [0.1, 0.15) is 18.6 Å². The van der Waals surface area contributed by atoms with Crippen LogP contribution in [0.15, 0.2) is 24.4 Å². The summed E-state index contributed by atoms with van der Waals surface area (Å²) < 4.78 is 0. The van der Waals surface area contributed by atoms with E-state index >= 15 is 0 Å². The Morgan fingerprint density at radius 3 is 2.92 bits per heavy atom. The zero-order valence-electron chi connectivity index (χ0n) is 7.21. The van der Waals surface area contributed by atoms with E-state index in [1.807, 2.05) is 18.2 Å². The Labute approximate surface area is 81.1 Å². The fraction of sp³-hybridized carbons (Fsp3) is 0.200. The van der Waals surface area contributed by atoms with Crippen LogP contribution in [0.5, 0.6) is 0 Å². The standard InChI is InChI=1S/C10H10ClNO/c1-6(13)7-2-3-8-9(11)5-12-10(8)4-7/h2-6,12-13H,1H3. The first-order chi connectivity index (χ1) is 6.18. The normalized spacial score (nSPS) is 13.5. The minimum Gasteiger partial charge on any atom is -0.389 e. The smallest absolute Gasteiger partial charge is 0.0762 e. The molecule has 2 N–H and O–H groups in total. The van der Waals surface area contributed by atoms with Crippen LogP contribution in [0.3, 0.4) is 0 Å². The van der Waals surface area contributed by atoms with Gasteiger partial charge in [-0.25, -0.2) is 0 Å². The van der Waals surface area contributed by atoms with Gasteiger partial charge in [0.2, 0.25) is 0 Å². The predicted octanol–water partition coefficient (Wildman–Crippen LogP) is 2.87. The molecule has 1 unspecified atom stereocenters. The molecule has 2 rings (SSSR count). The molecule has 0 spiro atoms. The number of aliphatic hydroxyl groups is 1. The maximum absolute atomic E-state index is 9.34. The summed E-state index contributed by atoms with van der Waals surface area (Å²) in [6.07, 6.45) is 1.31. The number of H-pyrrole nitrogens is 1. The van der Waals surface area contributed by atoms with Gasteiger partial charge < -0.3 is 10.1 Å². The van der Waals surface area contributed by atoms with Gasteiger partial charge in [0.15, 0.2) is 0 Å². The fourth-order valence-corrected chi connectivity index (χ4v) is 1.59. The van der Waals surface area contributed by atoms with Crippen LogP contribution < -0.4 is 0 Å². The maximum Gasteiger partial charge on any atom is 0.0762 e. The Bertz CT molecular complexity index is 433. The molecule has 1 atom stereocenters. The lowest BCUT2D eigenvalue weighted by Gasteiger charge is -2.03. The summed E-state index contributed by atoms with van der Waals surface area (Å²) in [6, 6.07) is 5.70. The third kappa shape index (κ3) is 1.43. The van der Waals surface area contributed by atoms with Crippen molar-refractivity contribution in [1.29, 1.82) is 0 Å². The minimum atomic E-state index is -0.438. The summed E-state index contributed by atoms with van der Waals surface area (Å²) in [4.78, 5) is 3.04. The molecule has 0 bridgehead atoms. The average molecular weight is 196 g/mol. The third-order valence-corrected chi connectivity index (χ3v) is 2.45. The van der Waals surface area contributed by atoms with Crippen molar-refractivity contribution in [2.75, 3.05) is 0 Å². The molecule has 2 nitrogen and oxygen atoms in total. The number of nitrogens with one attached hydrogen (secondary N) is 1. The van der Waals surface area contributed by atoms with Gasteiger partial charge in [-0.1, -0.05) is 23.7 Å². The molecule has 1 aromatic heterocycles. The fourth-order valence-electron chi connectivity index (χ4n) is 1.37. The van der Waals surface area contributed by atoms with Crippen molar-refractivity contribution in [2.45, 2.75) is 13.0 Å². The van der Waals surface area contributed by atoms with Crippen molar-refractivity contribution in [3.05, 3.63) is 35.0 Å². The van der Waals surface area contributed by atoms with E-state index in [9.17, 15) is 5.11 Å². The number of aromatic nitrogens is 1. The van der Waals surface area contributed by atoms with Gasteiger partial charge in [-0.3, -0.25) is 0 Å².